The average Bonchev–Trinajstić information content (AvgIpc) is 2.80. The Balaban J connectivity index is 2.15. The van der Waals surface area contributed by atoms with Gasteiger partial charge in [-0.15, -0.1) is 0 Å². The van der Waals surface area contributed by atoms with Crippen molar-refractivity contribution in [2.24, 2.45) is 5.92 Å². The van der Waals surface area contributed by atoms with E-state index < -0.39 is 23.5 Å². The molecule has 2 aromatic rings. The lowest BCUT2D eigenvalue weighted by Crippen LogP contribution is -2.51. The van der Waals surface area contributed by atoms with Gasteiger partial charge in [0, 0.05) is 31.5 Å². The van der Waals surface area contributed by atoms with Gasteiger partial charge in [0.05, 0.1) is 4.47 Å². The van der Waals surface area contributed by atoms with Crippen molar-refractivity contribution < 1.29 is 18.7 Å². The highest BCUT2D eigenvalue weighted by Gasteiger charge is 2.22. The number of nitriles is 1. The van der Waals surface area contributed by atoms with E-state index in [-0.39, 0.29) is 11.7 Å². The molecule has 0 saturated carbocycles. The highest BCUT2D eigenvalue weighted by Crippen LogP contribution is 2.23. The predicted molar refractivity (Wildman–Crippen MR) is 142 cm³/mol. The summed E-state index contributed by atoms with van der Waals surface area (Å²) in [5.41, 5.74) is 2.78. The molecule has 0 spiro atoms. The minimum Gasteiger partial charge on any atom is -0.444 e. The number of benzene rings is 1. The number of amides is 3. The topological polar surface area (TPSA) is 123 Å². The molecule has 1 heterocycles. The van der Waals surface area contributed by atoms with Crippen molar-refractivity contribution in [1.82, 2.24) is 20.7 Å². The van der Waals surface area contributed by atoms with Crippen molar-refractivity contribution in [2.75, 3.05) is 29.5 Å². The van der Waals surface area contributed by atoms with Crippen LogP contribution in [0.5, 0.6) is 0 Å². The average molecular weight is 578 g/mol. The molecule has 1 aromatic carbocycles. The van der Waals surface area contributed by atoms with E-state index in [9.17, 15) is 19.2 Å². The smallest absolute Gasteiger partial charge is 0.407 e. The minimum atomic E-state index is -0.587. The number of halogens is 2. The third-order valence-corrected chi connectivity index (χ3v) is 5.28. The number of hydrogen-bond acceptors (Lipinski definition) is 7. The molecule has 12 heteroatoms. The zero-order valence-corrected chi connectivity index (χ0v) is 23.3. The fraction of sp³-hybridized carbons (Fsp3) is 0.480. The maximum Gasteiger partial charge on any atom is 0.407 e. The quantitative estimate of drug-likeness (QED) is 0.295. The van der Waals surface area contributed by atoms with Crippen LogP contribution in [0.1, 0.15) is 53.3 Å². The lowest BCUT2D eigenvalue weighted by atomic mass is 10.2. The lowest BCUT2D eigenvalue weighted by molar-refractivity contribution is 0.0527. The first-order valence-corrected chi connectivity index (χ1v) is 12.7. The zero-order chi connectivity index (χ0) is 27.6. The van der Waals surface area contributed by atoms with Gasteiger partial charge in [0.25, 0.3) is 0 Å². The van der Waals surface area contributed by atoms with Crippen molar-refractivity contribution in [2.45, 2.75) is 53.1 Å². The summed E-state index contributed by atoms with van der Waals surface area (Å²) in [4.78, 5) is 35.0. The van der Waals surface area contributed by atoms with Crippen molar-refractivity contribution in [3.05, 3.63) is 46.6 Å². The molecule has 0 aliphatic heterocycles. The Kier molecular flexibility index (Phi) is 11.1. The van der Waals surface area contributed by atoms with E-state index in [1.165, 1.54) is 35.4 Å². The summed E-state index contributed by atoms with van der Waals surface area (Å²) in [6.07, 6.45) is 2.09. The maximum absolute atomic E-state index is 13.6. The van der Waals surface area contributed by atoms with E-state index in [4.69, 9.17) is 4.74 Å². The largest absolute Gasteiger partial charge is 0.444 e. The molecular weight excluding hydrogens is 545 g/mol. The number of hydrazine groups is 1. The first-order valence-electron chi connectivity index (χ1n) is 11.9. The SMILES string of the molecule is CC(C)CN(NC(=O)N(CCCCNC(=O)OC(C)(C)C)c1ccc(F)cc1)c1nc(C#N)ncc1Br. The van der Waals surface area contributed by atoms with E-state index in [0.29, 0.717) is 48.5 Å². The first-order chi connectivity index (χ1) is 17.4. The van der Waals surface area contributed by atoms with Gasteiger partial charge in [-0.25, -0.2) is 24.4 Å². The minimum absolute atomic E-state index is 0.0333. The number of carbonyl (C=O) groups excluding carboxylic acids is 2. The van der Waals surface area contributed by atoms with Crippen LogP contribution in [-0.4, -0.2) is 47.3 Å². The van der Waals surface area contributed by atoms with Crippen LogP contribution >= 0.6 is 15.9 Å². The van der Waals surface area contributed by atoms with Crippen molar-refractivity contribution in [1.29, 1.82) is 5.26 Å². The molecular formula is C25H33BrFN7O3. The van der Waals surface area contributed by atoms with Gasteiger partial charge in [0.15, 0.2) is 5.82 Å². The summed E-state index contributed by atoms with van der Waals surface area (Å²) >= 11 is 3.39. The number of nitrogens with zero attached hydrogens (tertiary/aromatic N) is 5. The number of nitrogens with one attached hydrogen (secondary N) is 2. The van der Waals surface area contributed by atoms with Gasteiger partial charge in [-0.1, -0.05) is 13.8 Å². The van der Waals surface area contributed by atoms with Crippen LogP contribution in [0.4, 0.5) is 25.5 Å². The third kappa shape index (κ3) is 10.2. The van der Waals surface area contributed by atoms with E-state index >= 15 is 0 Å². The Morgan fingerprint density at radius 3 is 2.49 bits per heavy atom. The van der Waals surface area contributed by atoms with Crippen LogP contribution in [0.2, 0.25) is 0 Å². The third-order valence-electron chi connectivity index (χ3n) is 4.72. The second-order valence-electron chi connectivity index (χ2n) is 9.66. The summed E-state index contributed by atoms with van der Waals surface area (Å²) in [6, 6.07) is 7.05. The van der Waals surface area contributed by atoms with E-state index in [1.54, 1.807) is 25.8 Å². The molecule has 1 aromatic heterocycles. The van der Waals surface area contributed by atoms with Gasteiger partial charge >= 0.3 is 12.1 Å². The molecule has 10 nitrogen and oxygen atoms in total. The van der Waals surface area contributed by atoms with Crippen LogP contribution in [0.25, 0.3) is 0 Å². The molecule has 3 amide bonds. The fourth-order valence-corrected chi connectivity index (χ4v) is 3.60. The highest BCUT2D eigenvalue weighted by atomic mass is 79.9. The van der Waals surface area contributed by atoms with Gasteiger partial charge in [-0.05, 0) is 79.7 Å². The number of urea groups is 1. The number of hydrogen-bond donors (Lipinski definition) is 2. The Morgan fingerprint density at radius 2 is 1.89 bits per heavy atom. The lowest BCUT2D eigenvalue weighted by Gasteiger charge is -2.31. The predicted octanol–water partition coefficient (Wildman–Crippen LogP) is 5.15. The second-order valence-corrected chi connectivity index (χ2v) is 10.5. The summed E-state index contributed by atoms with van der Waals surface area (Å²) in [5.74, 6) is 0.0373. The van der Waals surface area contributed by atoms with E-state index in [1.807, 2.05) is 19.9 Å². The normalized spacial score (nSPS) is 11.0. The number of ether oxygens (including phenoxy) is 1. The first kappa shape index (κ1) is 29.8. The fourth-order valence-electron chi connectivity index (χ4n) is 3.20. The Labute approximate surface area is 225 Å². The molecule has 37 heavy (non-hydrogen) atoms. The Hall–Kier alpha value is -3.46. The van der Waals surface area contributed by atoms with Crippen molar-refractivity contribution >= 4 is 39.6 Å². The number of alkyl carbamates (subject to hydrolysis) is 1. The molecule has 0 radical (unpaired) electrons. The molecule has 0 saturated heterocycles. The van der Waals surface area contributed by atoms with Gasteiger partial charge in [0.1, 0.15) is 17.5 Å². The van der Waals surface area contributed by atoms with Crippen LogP contribution in [0.3, 0.4) is 0 Å². The van der Waals surface area contributed by atoms with Gasteiger partial charge < -0.3 is 10.1 Å². The number of anilines is 2. The number of unbranched alkanes of at least 4 members (excludes halogenated alkanes) is 1. The molecule has 0 atom stereocenters. The second kappa shape index (κ2) is 13.7. The van der Waals surface area contributed by atoms with E-state index in [2.05, 4.69) is 36.6 Å². The summed E-state index contributed by atoms with van der Waals surface area (Å²) < 4.78 is 19.3. The van der Waals surface area contributed by atoms with E-state index in [0.717, 1.165) is 0 Å². The summed E-state index contributed by atoms with van der Waals surface area (Å²) in [6.45, 7) is 10.4. The van der Waals surface area contributed by atoms with Crippen molar-refractivity contribution in [3.63, 3.8) is 0 Å². The van der Waals surface area contributed by atoms with Gasteiger partial charge in [-0.2, -0.15) is 10.2 Å². The van der Waals surface area contributed by atoms with Crippen molar-refractivity contribution in [3.8, 4) is 6.07 Å². The van der Waals surface area contributed by atoms with Crippen LogP contribution < -0.4 is 20.7 Å². The number of carbonyl (C=O) groups is 2. The Bertz CT molecular complexity index is 1100. The summed E-state index contributed by atoms with van der Waals surface area (Å²) in [7, 11) is 0. The molecule has 2 rings (SSSR count). The standard InChI is InChI=1S/C25H33BrFN7O3/c1-17(2)16-34(22-20(26)15-30-21(14-28)31-22)32-23(35)33(19-10-8-18(27)9-11-19)13-7-6-12-29-24(36)37-25(3,4)5/h8-11,15,17H,6-7,12-13,16H2,1-5H3,(H,29,36)(H,32,35). The van der Waals surface area contributed by atoms with Crippen LogP contribution in [0.15, 0.2) is 34.9 Å². The molecule has 0 unspecified atom stereocenters. The van der Waals surface area contributed by atoms with Gasteiger partial charge in [0.2, 0.25) is 5.82 Å². The molecule has 2 N–H and O–H groups in total. The van der Waals surface area contributed by atoms with Gasteiger partial charge in [-0.3, -0.25) is 9.91 Å². The highest BCUT2D eigenvalue weighted by molar-refractivity contribution is 9.10. The maximum atomic E-state index is 13.6. The zero-order valence-electron chi connectivity index (χ0n) is 21.7. The molecule has 0 aliphatic carbocycles. The van der Waals surface area contributed by atoms with Crippen LogP contribution in [-0.2, 0) is 4.74 Å². The monoisotopic (exact) mass is 577 g/mol. The molecule has 200 valence electrons. The number of aromatic nitrogens is 2. The van der Waals surface area contributed by atoms with Crippen LogP contribution in [0, 0.1) is 23.1 Å². The Morgan fingerprint density at radius 1 is 1.22 bits per heavy atom. The molecule has 0 fully saturated rings. The number of rotatable bonds is 10. The summed E-state index contributed by atoms with van der Waals surface area (Å²) in [5, 5.41) is 13.5. The molecule has 0 bridgehead atoms. The molecule has 0 aliphatic rings.